The van der Waals surface area contributed by atoms with Crippen molar-refractivity contribution in [3.8, 4) is 0 Å². The molecule has 0 radical (unpaired) electrons. The van der Waals surface area contributed by atoms with Crippen LogP contribution in [0, 0.1) is 5.82 Å². The summed E-state index contributed by atoms with van der Waals surface area (Å²) in [6, 6.07) is 3.32. The number of hydrogen-bond acceptors (Lipinski definition) is 3. The highest BCUT2D eigenvalue weighted by atomic mass is 19.1. The molecule has 1 aliphatic heterocycles. The molecule has 1 aliphatic rings. The highest BCUT2D eigenvalue weighted by molar-refractivity contribution is 6.52. The molecule has 0 unspecified atom stereocenters. The van der Waals surface area contributed by atoms with E-state index in [-0.39, 0.29) is 11.3 Å². The molecule has 1 aromatic carbocycles. The fourth-order valence-corrected chi connectivity index (χ4v) is 1.58. The topological polar surface area (TPSA) is 80.5 Å². The standard InChI is InChI=1S/C10H7FN2O3/c11-5-1-2-6-7(3-5)13(4-8(12)14)10(16)9(6)15/h1-3H,4H2,(H2,12,14). The zero-order valence-electron chi connectivity index (χ0n) is 8.07. The molecule has 0 aromatic heterocycles. The second kappa shape index (κ2) is 3.41. The van der Waals surface area contributed by atoms with Crippen molar-refractivity contribution in [2.45, 2.75) is 0 Å². The zero-order valence-corrected chi connectivity index (χ0v) is 8.07. The molecule has 0 fully saturated rings. The number of primary amides is 1. The average Bonchev–Trinajstić information content (AvgIpc) is 2.43. The first kappa shape index (κ1) is 10.3. The molecule has 16 heavy (non-hydrogen) atoms. The lowest BCUT2D eigenvalue weighted by atomic mass is 10.1. The van der Waals surface area contributed by atoms with E-state index in [9.17, 15) is 18.8 Å². The lowest BCUT2D eigenvalue weighted by Gasteiger charge is -2.13. The van der Waals surface area contributed by atoms with Crippen molar-refractivity contribution in [1.29, 1.82) is 0 Å². The second-order valence-electron chi connectivity index (χ2n) is 3.35. The fourth-order valence-electron chi connectivity index (χ4n) is 1.58. The van der Waals surface area contributed by atoms with Gasteiger partial charge in [0.1, 0.15) is 12.4 Å². The summed E-state index contributed by atoms with van der Waals surface area (Å²) in [5.41, 5.74) is 5.12. The predicted molar refractivity (Wildman–Crippen MR) is 52.3 cm³/mol. The van der Waals surface area contributed by atoms with Gasteiger partial charge < -0.3 is 5.73 Å². The van der Waals surface area contributed by atoms with Gasteiger partial charge in [-0.2, -0.15) is 0 Å². The van der Waals surface area contributed by atoms with E-state index in [2.05, 4.69) is 0 Å². The van der Waals surface area contributed by atoms with E-state index in [1.807, 2.05) is 0 Å². The Bertz CT molecular complexity index is 513. The van der Waals surface area contributed by atoms with Gasteiger partial charge in [0.05, 0.1) is 11.3 Å². The van der Waals surface area contributed by atoms with E-state index in [4.69, 9.17) is 5.73 Å². The first-order valence-corrected chi connectivity index (χ1v) is 4.45. The van der Waals surface area contributed by atoms with E-state index in [1.165, 1.54) is 6.07 Å². The van der Waals surface area contributed by atoms with Crippen molar-refractivity contribution in [2.24, 2.45) is 5.73 Å². The second-order valence-corrected chi connectivity index (χ2v) is 3.35. The lowest BCUT2D eigenvalue weighted by molar-refractivity contribution is -0.119. The molecule has 5 nitrogen and oxygen atoms in total. The first-order chi connectivity index (χ1) is 7.50. The SMILES string of the molecule is NC(=O)CN1C(=O)C(=O)c2ccc(F)cc21. The predicted octanol–water partition coefficient (Wildman–Crippen LogP) is -0.160. The summed E-state index contributed by atoms with van der Waals surface area (Å²) >= 11 is 0. The maximum atomic E-state index is 13.0. The number of anilines is 1. The van der Waals surface area contributed by atoms with Crippen LogP contribution in [0.1, 0.15) is 10.4 Å². The van der Waals surface area contributed by atoms with Crippen LogP contribution in [0.25, 0.3) is 0 Å². The quantitative estimate of drug-likeness (QED) is 0.706. The maximum absolute atomic E-state index is 13.0. The van der Waals surface area contributed by atoms with Crippen molar-refractivity contribution >= 4 is 23.3 Å². The van der Waals surface area contributed by atoms with Crippen LogP contribution in [0.4, 0.5) is 10.1 Å². The number of Topliss-reactive ketones (excluding diaryl/α,β-unsaturated/α-hetero) is 1. The van der Waals surface area contributed by atoms with Crippen LogP contribution in [0.15, 0.2) is 18.2 Å². The minimum absolute atomic E-state index is 0.0904. The number of fused-ring (bicyclic) bond motifs is 1. The highest BCUT2D eigenvalue weighted by Gasteiger charge is 2.36. The number of nitrogens with two attached hydrogens (primary N) is 1. The van der Waals surface area contributed by atoms with Gasteiger partial charge in [-0.1, -0.05) is 0 Å². The van der Waals surface area contributed by atoms with Crippen molar-refractivity contribution in [3.63, 3.8) is 0 Å². The number of rotatable bonds is 2. The van der Waals surface area contributed by atoms with Crippen LogP contribution in [0.5, 0.6) is 0 Å². The molecular weight excluding hydrogens is 215 g/mol. The van der Waals surface area contributed by atoms with Crippen LogP contribution in [-0.2, 0) is 9.59 Å². The van der Waals surface area contributed by atoms with Crippen LogP contribution >= 0.6 is 0 Å². The molecule has 6 heteroatoms. The van der Waals surface area contributed by atoms with Gasteiger partial charge in [0, 0.05) is 0 Å². The summed E-state index contributed by atoms with van der Waals surface area (Å²) in [6.07, 6.45) is 0. The molecular formula is C10H7FN2O3. The van der Waals surface area contributed by atoms with Gasteiger partial charge in [-0.25, -0.2) is 4.39 Å². The van der Waals surface area contributed by atoms with Crippen LogP contribution < -0.4 is 10.6 Å². The third-order valence-electron chi connectivity index (χ3n) is 2.25. The molecule has 0 spiro atoms. The Labute approximate surface area is 89.6 Å². The van der Waals surface area contributed by atoms with Gasteiger partial charge in [-0.15, -0.1) is 0 Å². The molecule has 2 N–H and O–H groups in total. The maximum Gasteiger partial charge on any atom is 0.299 e. The van der Waals surface area contributed by atoms with Gasteiger partial charge in [-0.3, -0.25) is 19.3 Å². The number of carbonyl (C=O) groups is 3. The van der Waals surface area contributed by atoms with Crippen LogP contribution in [0.3, 0.4) is 0 Å². The smallest absolute Gasteiger partial charge is 0.299 e. The number of amides is 2. The van der Waals surface area contributed by atoms with Gasteiger partial charge in [0.25, 0.3) is 11.7 Å². The minimum atomic E-state index is -0.862. The third kappa shape index (κ3) is 1.44. The molecule has 0 aliphatic carbocycles. The molecule has 0 atom stereocenters. The molecule has 0 saturated heterocycles. The van der Waals surface area contributed by atoms with E-state index in [0.717, 1.165) is 17.0 Å². The van der Waals surface area contributed by atoms with Crippen LogP contribution in [0.2, 0.25) is 0 Å². The molecule has 0 saturated carbocycles. The molecule has 2 amide bonds. The zero-order chi connectivity index (χ0) is 11.9. The van der Waals surface area contributed by atoms with Gasteiger partial charge >= 0.3 is 0 Å². The van der Waals surface area contributed by atoms with Crippen LogP contribution in [-0.4, -0.2) is 24.1 Å². The normalized spacial score (nSPS) is 14.2. The van der Waals surface area contributed by atoms with Gasteiger partial charge in [0.2, 0.25) is 5.91 Å². The summed E-state index contributed by atoms with van der Waals surface area (Å²) in [6.45, 7) is -0.430. The monoisotopic (exact) mass is 222 g/mol. The Morgan fingerprint density at radius 1 is 1.38 bits per heavy atom. The number of ketones is 1. The number of halogens is 1. The molecule has 1 heterocycles. The summed E-state index contributed by atoms with van der Waals surface area (Å²) in [5.74, 6) is -2.97. The van der Waals surface area contributed by atoms with Gasteiger partial charge in [-0.05, 0) is 18.2 Å². The molecule has 1 aromatic rings. The summed E-state index contributed by atoms with van der Waals surface area (Å²) in [5, 5.41) is 0. The molecule has 82 valence electrons. The van der Waals surface area contributed by atoms with Crippen molar-refractivity contribution in [1.82, 2.24) is 0 Å². The van der Waals surface area contributed by atoms with E-state index >= 15 is 0 Å². The van der Waals surface area contributed by atoms with E-state index < -0.39 is 30.0 Å². The van der Waals surface area contributed by atoms with Crippen molar-refractivity contribution in [2.75, 3.05) is 11.4 Å². The summed E-state index contributed by atoms with van der Waals surface area (Å²) < 4.78 is 13.0. The third-order valence-corrected chi connectivity index (χ3v) is 2.25. The molecule has 2 rings (SSSR count). The number of carbonyl (C=O) groups excluding carboxylic acids is 3. The van der Waals surface area contributed by atoms with E-state index in [0.29, 0.717) is 0 Å². The van der Waals surface area contributed by atoms with Gasteiger partial charge in [0.15, 0.2) is 0 Å². The Hall–Kier alpha value is -2.24. The Kier molecular flexibility index (Phi) is 2.19. The Balaban J connectivity index is 2.51. The minimum Gasteiger partial charge on any atom is -0.368 e. The fraction of sp³-hybridized carbons (Fsp3) is 0.100. The largest absolute Gasteiger partial charge is 0.368 e. The highest BCUT2D eigenvalue weighted by Crippen LogP contribution is 2.29. The first-order valence-electron chi connectivity index (χ1n) is 4.45. The Morgan fingerprint density at radius 3 is 2.69 bits per heavy atom. The number of hydrogen-bond donors (Lipinski definition) is 1. The number of benzene rings is 1. The number of nitrogens with zero attached hydrogens (tertiary/aromatic N) is 1. The van der Waals surface area contributed by atoms with E-state index in [1.54, 1.807) is 0 Å². The average molecular weight is 222 g/mol. The summed E-state index contributed by atoms with van der Waals surface area (Å²) in [7, 11) is 0. The van der Waals surface area contributed by atoms with Crippen molar-refractivity contribution in [3.05, 3.63) is 29.6 Å². The van der Waals surface area contributed by atoms with Crippen molar-refractivity contribution < 1.29 is 18.8 Å². The lowest BCUT2D eigenvalue weighted by Crippen LogP contribution is -2.37. The summed E-state index contributed by atoms with van der Waals surface area (Å²) in [4.78, 5) is 34.5. The Morgan fingerprint density at radius 2 is 2.06 bits per heavy atom. The molecule has 0 bridgehead atoms.